The average molecular weight is 637 g/mol. The Bertz CT molecular complexity index is 1460. The van der Waals surface area contributed by atoms with Gasteiger partial charge in [0.15, 0.2) is 10.3 Å². The first-order valence-corrected chi connectivity index (χ1v) is 17.9. The lowest BCUT2D eigenvalue weighted by molar-refractivity contribution is -0.135. The van der Waals surface area contributed by atoms with E-state index in [2.05, 4.69) is 53.7 Å². The number of amidine groups is 2. The molecule has 0 aliphatic rings. The SMILES string of the molecule is CCCCC(CCCC)(C(C)C)C(C)(C)CCC(=O)Oc1cccc2c(CSC(=N)N)c3ccccc3c(CSC(=N)N)c12. The van der Waals surface area contributed by atoms with E-state index < -0.39 is 0 Å². The van der Waals surface area contributed by atoms with Crippen LogP contribution in [0.1, 0.15) is 104 Å². The van der Waals surface area contributed by atoms with Crippen LogP contribution in [0.3, 0.4) is 0 Å². The van der Waals surface area contributed by atoms with Crippen LogP contribution in [0.2, 0.25) is 0 Å². The Labute approximate surface area is 272 Å². The summed E-state index contributed by atoms with van der Waals surface area (Å²) in [5, 5.41) is 19.7. The third kappa shape index (κ3) is 8.30. The molecule has 8 heteroatoms. The van der Waals surface area contributed by atoms with E-state index in [4.69, 9.17) is 27.0 Å². The number of thioether (sulfide) groups is 2. The van der Waals surface area contributed by atoms with E-state index in [-0.39, 0.29) is 27.1 Å². The summed E-state index contributed by atoms with van der Waals surface area (Å²) >= 11 is 2.54. The molecule has 0 radical (unpaired) electrons. The molecule has 0 fully saturated rings. The van der Waals surface area contributed by atoms with Crippen LogP contribution in [0.4, 0.5) is 0 Å². The lowest BCUT2D eigenvalue weighted by Gasteiger charge is -2.51. The zero-order valence-electron chi connectivity index (χ0n) is 27.5. The maximum Gasteiger partial charge on any atom is 0.311 e. The Morgan fingerprint density at radius 1 is 0.818 bits per heavy atom. The van der Waals surface area contributed by atoms with Crippen molar-refractivity contribution in [3.8, 4) is 5.75 Å². The summed E-state index contributed by atoms with van der Waals surface area (Å²) in [5.41, 5.74) is 13.7. The van der Waals surface area contributed by atoms with Crippen molar-refractivity contribution in [3.05, 3.63) is 53.6 Å². The van der Waals surface area contributed by atoms with E-state index in [9.17, 15) is 4.79 Å². The summed E-state index contributed by atoms with van der Waals surface area (Å²) in [6.45, 7) is 13.9. The van der Waals surface area contributed by atoms with E-state index in [0.717, 1.165) is 39.1 Å². The third-order valence-electron chi connectivity index (χ3n) is 9.56. The third-order valence-corrected chi connectivity index (χ3v) is 11.0. The molecule has 0 saturated heterocycles. The molecule has 0 atom stereocenters. The van der Waals surface area contributed by atoms with Crippen LogP contribution in [0.15, 0.2) is 42.5 Å². The number of esters is 1. The first-order chi connectivity index (χ1) is 20.9. The van der Waals surface area contributed by atoms with Crippen molar-refractivity contribution in [2.45, 2.75) is 104 Å². The fraction of sp³-hybridized carbons (Fsp3) is 0.528. The molecular weight excluding hydrogens is 585 g/mol. The first-order valence-electron chi connectivity index (χ1n) is 16.0. The summed E-state index contributed by atoms with van der Waals surface area (Å²) in [5.74, 6) is 1.80. The molecule has 6 nitrogen and oxygen atoms in total. The minimum atomic E-state index is -0.229. The van der Waals surface area contributed by atoms with Crippen LogP contribution < -0.4 is 16.2 Å². The van der Waals surface area contributed by atoms with Crippen molar-refractivity contribution in [2.24, 2.45) is 28.2 Å². The van der Waals surface area contributed by atoms with Gasteiger partial charge in [0.2, 0.25) is 0 Å². The average Bonchev–Trinajstić information content (AvgIpc) is 2.97. The Kier molecular flexibility index (Phi) is 13.0. The lowest BCUT2D eigenvalue weighted by Crippen LogP contribution is -2.43. The molecule has 0 bridgehead atoms. The van der Waals surface area contributed by atoms with Gasteiger partial charge in [-0.3, -0.25) is 15.6 Å². The van der Waals surface area contributed by atoms with Gasteiger partial charge in [0, 0.05) is 23.3 Å². The molecule has 0 heterocycles. The summed E-state index contributed by atoms with van der Waals surface area (Å²) in [4.78, 5) is 13.6. The molecule has 0 aliphatic carbocycles. The van der Waals surface area contributed by atoms with Gasteiger partial charge in [-0.05, 0) is 69.4 Å². The second kappa shape index (κ2) is 16.0. The topological polar surface area (TPSA) is 126 Å². The van der Waals surface area contributed by atoms with Crippen LogP contribution >= 0.6 is 23.5 Å². The Hall–Kier alpha value is -2.71. The molecule has 0 unspecified atom stereocenters. The molecule has 6 N–H and O–H groups in total. The van der Waals surface area contributed by atoms with Crippen LogP contribution in [0.25, 0.3) is 21.5 Å². The fourth-order valence-corrected chi connectivity index (χ4v) is 8.27. The predicted octanol–water partition coefficient (Wildman–Crippen LogP) is 9.98. The highest BCUT2D eigenvalue weighted by atomic mass is 32.2. The smallest absolute Gasteiger partial charge is 0.311 e. The molecular formula is C36H52N4O2S2. The monoisotopic (exact) mass is 636 g/mol. The largest absolute Gasteiger partial charge is 0.426 e. The van der Waals surface area contributed by atoms with E-state index in [1.54, 1.807) is 0 Å². The van der Waals surface area contributed by atoms with Crippen molar-refractivity contribution < 1.29 is 9.53 Å². The molecule has 0 aliphatic heterocycles. The number of rotatable bonds is 16. The fourth-order valence-electron chi connectivity index (χ4n) is 7.06. The van der Waals surface area contributed by atoms with E-state index in [0.29, 0.717) is 29.6 Å². The highest BCUT2D eigenvalue weighted by Gasteiger charge is 2.45. The highest BCUT2D eigenvalue weighted by molar-refractivity contribution is 8.13. The highest BCUT2D eigenvalue weighted by Crippen LogP contribution is 2.54. The quantitative estimate of drug-likeness (QED) is 0.0407. The van der Waals surface area contributed by atoms with Gasteiger partial charge in [0.25, 0.3) is 0 Å². The zero-order chi connectivity index (χ0) is 32.5. The van der Waals surface area contributed by atoms with E-state index in [1.807, 2.05) is 30.3 Å². The van der Waals surface area contributed by atoms with Crippen LogP contribution in [0.5, 0.6) is 5.75 Å². The van der Waals surface area contributed by atoms with Gasteiger partial charge in [0.05, 0.1) is 0 Å². The summed E-state index contributed by atoms with van der Waals surface area (Å²) in [6, 6.07) is 14.0. The normalized spacial score (nSPS) is 12.2. The maximum atomic E-state index is 13.6. The van der Waals surface area contributed by atoms with Crippen molar-refractivity contribution in [2.75, 3.05) is 0 Å². The van der Waals surface area contributed by atoms with Gasteiger partial charge < -0.3 is 16.2 Å². The number of carbonyl (C=O) groups excluding carboxylic acids is 1. The van der Waals surface area contributed by atoms with Gasteiger partial charge >= 0.3 is 5.97 Å². The minimum Gasteiger partial charge on any atom is -0.426 e. The molecule has 240 valence electrons. The van der Waals surface area contributed by atoms with Gasteiger partial charge in [-0.1, -0.05) is 127 Å². The summed E-state index contributed by atoms with van der Waals surface area (Å²) in [7, 11) is 0. The Morgan fingerprint density at radius 3 is 1.86 bits per heavy atom. The molecule has 3 rings (SSSR count). The number of hydrogen-bond donors (Lipinski definition) is 4. The van der Waals surface area contributed by atoms with Crippen molar-refractivity contribution >= 4 is 61.4 Å². The second-order valence-electron chi connectivity index (χ2n) is 12.9. The lowest BCUT2D eigenvalue weighted by atomic mass is 9.54. The minimum absolute atomic E-state index is 0.0279. The molecule has 0 aromatic heterocycles. The van der Waals surface area contributed by atoms with Crippen LogP contribution in [-0.2, 0) is 16.3 Å². The van der Waals surface area contributed by atoms with Crippen molar-refractivity contribution in [3.63, 3.8) is 0 Å². The Morgan fingerprint density at radius 2 is 1.34 bits per heavy atom. The van der Waals surface area contributed by atoms with E-state index in [1.165, 1.54) is 62.0 Å². The number of ether oxygens (including phenoxy) is 1. The Balaban J connectivity index is 2.03. The summed E-state index contributed by atoms with van der Waals surface area (Å²) in [6.07, 6.45) is 8.20. The van der Waals surface area contributed by atoms with E-state index >= 15 is 0 Å². The number of nitrogens with two attached hydrogens (primary N) is 2. The maximum absolute atomic E-state index is 13.6. The summed E-state index contributed by atoms with van der Waals surface area (Å²) < 4.78 is 6.23. The van der Waals surface area contributed by atoms with Gasteiger partial charge in [0.1, 0.15) is 5.75 Å². The molecule has 3 aromatic rings. The van der Waals surface area contributed by atoms with Crippen molar-refractivity contribution in [1.82, 2.24) is 0 Å². The standard InChI is InChI=1S/C36H52N4O2S2/c1-7-9-19-36(24(3)4,20-10-8-2)35(5,6)21-18-31(41)42-30-17-13-16-27-28(22-43-33(37)38)25-14-11-12-15-26(25)29(32(27)30)23-44-34(39)40/h11-17,24H,7-10,18-23H2,1-6H3,(H3,37,38)(H3,39,40). The van der Waals surface area contributed by atoms with Crippen LogP contribution in [0, 0.1) is 27.6 Å². The van der Waals surface area contributed by atoms with Crippen molar-refractivity contribution in [1.29, 1.82) is 10.8 Å². The van der Waals surface area contributed by atoms with Gasteiger partial charge in [-0.15, -0.1) is 0 Å². The number of hydrogen-bond acceptors (Lipinski definition) is 6. The number of nitrogens with one attached hydrogen (secondary N) is 2. The van der Waals surface area contributed by atoms with Crippen LogP contribution in [-0.4, -0.2) is 16.3 Å². The molecule has 3 aromatic carbocycles. The first kappa shape index (κ1) is 35.8. The molecule has 0 amide bonds. The molecule has 0 spiro atoms. The number of carbonyl (C=O) groups is 1. The zero-order valence-corrected chi connectivity index (χ0v) is 29.1. The predicted molar refractivity (Wildman–Crippen MR) is 193 cm³/mol. The number of unbranched alkanes of at least 4 members (excludes halogenated alkanes) is 2. The second-order valence-corrected chi connectivity index (χ2v) is 14.9. The molecule has 0 saturated carbocycles. The van der Waals surface area contributed by atoms with Gasteiger partial charge in [-0.25, -0.2) is 0 Å². The number of fused-ring (bicyclic) bond motifs is 2. The molecule has 44 heavy (non-hydrogen) atoms. The number of benzene rings is 3. The van der Waals surface area contributed by atoms with Gasteiger partial charge in [-0.2, -0.15) is 0 Å².